The molecule has 14 aromatic rings. The van der Waals surface area contributed by atoms with E-state index in [0.29, 0.717) is 0 Å². The van der Waals surface area contributed by atoms with Crippen molar-refractivity contribution in [3.63, 3.8) is 0 Å². The van der Waals surface area contributed by atoms with E-state index in [1.807, 2.05) is 0 Å². The maximum atomic E-state index is 2.61. The van der Waals surface area contributed by atoms with Crippen LogP contribution in [0.3, 0.4) is 0 Å². The van der Waals surface area contributed by atoms with Crippen LogP contribution >= 0.6 is 0 Å². The molecule has 0 radical (unpaired) electrons. The lowest BCUT2D eigenvalue weighted by Gasteiger charge is -2.44. The highest BCUT2D eigenvalue weighted by molar-refractivity contribution is 6.49. The highest BCUT2D eigenvalue weighted by atomic mass is 14.5. The highest BCUT2D eigenvalue weighted by Crippen LogP contribution is 2.57. The van der Waals surface area contributed by atoms with E-state index in [4.69, 9.17) is 0 Å². The summed E-state index contributed by atoms with van der Waals surface area (Å²) in [5.74, 6) is 0. The Morgan fingerprint density at radius 1 is 0.241 bits per heavy atom. The molecule has 0 unspecified atom stereocenters. The smallest absolute Gasteiger partial charge is 0.0153 e. The Kier molecular flexibility index (Phi) is 4.12. The van der Waals surface area contributed by atoms with E-state index in [0.717, 1.165) is 0 Å². The van der Waals surface area contributed by atoms with Crippen molar-refractivity contribution in [2.45, 2.75) is 38.5 Å². The van der Waals surface area contributed by atoms with Crippen molar-refractivity contribution in [1.29, 1.82) is 0 Å². The third kappa shape index (κ3) is 2.66. The van der Waals surface area contributed by atoms with Crippen LogP contribution in [0.5, 0.6) is 0 Å². The number of fused-ring (bicyclic) bond motifs is 10. The van der Waals surface area contributed by atoms with Crippen molar-refractivity contribution in [2.75, 3.05) is 0 Å². The largest absolute Gasteiger partial charge is 0.0610 e. The van der Waals surface area contributed by atoms with Gasteiger partial charge in [-0.1, -0.05) is 100 Å². The normalized spacial score (nSPS) is 16.1. The van der Waals surface area contributed by atoms with E-state index in [-0.39, 0.29) is 10.8 Å². The monoisotopic (exact) mass is 680 g/mol. The molecule has 0 bridgehead atoms. The Labute approximate surface area is 310 Å². The molecule has 54 heavy (non-hydrogen) atoms. The first-order valence-electron chi connectivity index (χ1n) is 19.6. The highest BCUT2D eigenvalue weighted by Gasteiger charge is 2.43. The summed E-state index contributed by atoms with van der Waals surface area (Å²) >= 11 is 0. The van der Waals surface area contributed by atoms with Gasteiger partial charge in [-0.15, -0.1) is 0 Å². The van der Waals surface area contributed by atoms with E-state index >= 15 is 0 Å². The van der Waals surface area contributed by atoms with E-state index in [2.05, 4.69) is 149 Å². The Balaban J connectivity index is 1.09. The summed E-state index contributed by atoms with van der Waals surface area (Å²) in [5, 5.41) is 33.7. The zero-order chi connectivity index (χ0) is 35.3. The molecule has 15 rings (SSSR count). The molecule has 0 saturated carbocycles. The van der Waals surface area contributed by atoms with Crippen LogP contribution < -0.4 is 0 Å². The molecule has 0 nitrogen and oxygen atoms in total. The fourth-order valence-electron chi connectivity index (χ4n) is 12.6. The fourth-order valence-corrected chi connectivity index (χ4v) is 12.6. The molecule has 0 heteroatoms. The first kappa shape index (κ1) is 27.4. The van der Waals surface area contributed by atoms with Gasteiger partial charge in [-0.3, -0.25) is 0 Å². The molecule has 0 spiro atoms. The molecule has 0 amide bonds. The van der Waals surface area contributed by atoms with Crippen LogP contribution in [0, 0.1) is 0 Å². The molecule has 0 N–H and O–H groups in total. The molecule has 248 valence electrons. The Morgan fingerprint density at radius 2 is 0.500 bits per heavy atom. The van der Waals surface area contributed by atoms with Crippen LogP contribution in [0.1, 0.15) is 49.9 Å². The first-order chi connectivity index (χ1) is 26.3. The molecule has 0 atom stereocenters. The van der Waals surface area contributed by atoms with Crippen LogP contribution in [0.15, 0.2) is 121 Å². The van der Waals surface area contributed by atoms with Gasteiger partial charge in [0.15, 0.2) is 0 Å². The molecule has 1 aliphatic rings. The van der Waals surface area contributed by atoms with Gasteiger partial charge in [-0.25, -0.2) is 0 Å². The second kappa shape index (κ2) is 8.13. The van der Waals surface area contributed by atoms with Crippen molar-refractivity contribution in [1.82, 2.24) is 0 Å². The minimum Gasteiger partial charge on any atom is -0.0610 e. The zero-order valence-electron chi connectivity index (χ0n) is 30.5. The predicted octanol–water partition coefficient (Wildman–Crippen LogP) is 15.1. The maximum absolute atomic E-state index is 2.61. The lowest BCUT2D eigenvalue weighted by Crippen LogP contribution is -2.36. The number of hydrogen-bond donors (Lipinski definition) is 0. The number of hydrogen-bond acceptors (Lipinski definition) is 0. The minimum atomic E-state index is -0.183. The fraction of sp³-hybridized carbons (Fsp3) is 0.111. The second-order valence-electron chi connectivity index (χ2n) is 17.9. The third-order valence-corrected chi connectivity index (χ3v) is 14.9. The summed E-state index contributed by atoms with van der Waals surface area (Å²) < 4.78 is 0. The molecular formula is C54H32. The molecule has 0 fully saturated rings. The molecule has 1 aliphatic carbocycles. The van der Waals surface area contributed by atoms with Crippen molar-refractivity contribution in [3.05, 3.63) is 144 Å². The SMILES string of the molecule is CC1(C)c2cc3c(cc2C(C)(C)c2cc4c(cc21)c1cc2cccc5c6cccc7cc4c1c(c25)c76)c1cc2cccc4c5cccc6cc3c1c(c65)c24. The standard InChI is InChI=1S/C54H32/c1-53(2)41-21-33-35(39-19-27-11-7-15-31-29-13-5-9-25-17-37(33)49(39)51(45(25)29)47(27)31)23-43(41)54(3,4)44-24-36-34(22-42(44)53)38-18-26-10-6-14-30-32-16-8-12-28-20-40(36)50(38)52(46(26)30)48(28)32/h5-24H,1-4H3. The Hall–Kier alpha value is -6.24. The van der Waals surface area contributed by atoms with Crippen LogP contribution in [-0.2, 0) is 10.8 Å². The molecule has 0 heterocycles. The van der Waals surface area contributed by atoms with Gasteiger partial charge in [0.25, 0.3) is 0 Å². The van der Waals surface area contributed by atoms with Crippen LogP contribution in [0.25, 0.3) is 129 Å². The zero-order valence-corrected chi connectivity index (χ0v) is 30.5. The summed E-state index contributed by atoms with van der Waals surface area (Å²) in [6.45, 7) is 9.93. The molecular weight excluding hydrogens is 649 g/mol. The van der Waals surface area contributed by atoms with Gasteiger partial charge in [-0.2, -0.15) is 0 Å². The Morgan fingerprint density at radius 3 is 0.759 bits per heavy atom. The maximum Gasteiger partial charge on any atom is 0.0153 e. The van der Waals surface area contributed by atoms with Crippen LogP contribution in [0.4, 0.5) is 0 Å². The average Bonchev–Trinajstić information content (AvgIpc) is 3.90. The van der Waals surface area contributed by atoms with Crippen molar-refractivity contribution in [2.24, 2.45) is 0 Å². The lowest BCUT2D eigenvalue weighted by atomic mass is 9.59. The van der Waals surface area contributed by atoms with Crippen molar-refractivity contribution >= 4 is 129 Å². The Bertz CT molecular complexity index is 3470. The quantitative estimate of drug-likeness (QED) is 0.140. The summed E-state index contributed by atoms with van der Waals surface area (Å²) in [5.41, 5.74) is 5.49. The third-order valence-electron chi connectivity index (χ3n) is 14.9. The first-order valence-corrected chi connectivity index (χ1v) is 19.6. The van der Waals surface area contributed by atoms with E-state index in [1.54, 1.807) is 0 Å². The average molecular weight is 681 g/mol. The molecule has 0 aliphatic heterocycles. The van der Waals surface area contributed by atoms with Gasteiger partial charge in [0.05, 0.1) is 0 Å². The van der Waals surface area contributed by atoms with Gasteiger partial charge in [0, 0.05) is 10.8 Å². The van der Waals surface area contributed by atoms with E-state index in [1.165, 1.54) is 152 Å². The number of rotatable bonds is 0. The van der Waals surface area contributed by atoms with Gasteiger partial charge >= 0.3 is 0 Å². The topological polar surface area (TPSA) is 0 Å². The van der Waals surface area contributed by atoms with E-state index < -0.39 is 0 Å². The summed E-state index contributed by atoms with van der Waals surface area (Å²) in [6, 6.07) is 48.0. The van der Waals surface area contributed by atoms with Gasteiger partial charge in [0.1, 0.15) is 0 Å². The minimum absolute atomic E-state index is 0.183. The predicted molar refractivity (Wildman–Crippen MR) is 234 cm³/mol. The summed E-state index contributed by atoms with van der Waals surface area (Å²) in [6.07, 6.45) is 0. The van der Waals surface area contributed by atoms with Gasteiger partial charge in [-0.05, 0) is 200 Å². The van der Waals surface area contributed by atoms with Crippen LogP contribution in [-0.4, -0.2) is 0 Å². The van der Waals surface area contributed by atoms with E-state index in [9.17, 15) is 0 Å². The lowest BCUT2D eigenvalue weighted by molar-refractivity contribution is 0.523. The van der Waals surface area contributed by atoms with Gasteiger partial charge in [0.2, 0.25) is 0 Å². The van der Waals surface area contributed by atoms with Crippen LogP contribution in [0.2, 0.25) is 0 Å². The van der Waals surface area contributed by atoms with Gasteiger partial charge < -0.3 is 0 Å². The summed E-state index contributed by atoms with van der Waals surface area (Å²) in [7, 11) is 0. The number of benzene rings is 10. The molecule has 0 saturated heterocycles. The van der Waals surface area contributed by atoms with Crippen molar-refractivity contribution in [3.8, 4) is 0 Å². The molecule has 14 aromatic carbocycles. The molecule has 0 aromatic heterocycles. The second-order valence-corrected chi connectivity index (χ2v) is 17.9. The summed E-state index contributed by atoms with van der Waals surface area (Å²) in [4.78, 5) is 0. The van der Waals surface area contributed by atoms with Crippen molar-refractivity contribution < 1.29 is 0 Å².